The van der Waals surface area contributed by atoms with Crippen LogP contribution < -0.4 is 5.32 Å². The van der Waals surface area contributed by atoms with Crippen LogP contribution in [0.2, 0.25) is 0 Å². The Kier molecular flexibility index (Phi) is 5.88. The Hall–Kier alpha value is -0.410. The van der Waals surface area contributed by atoms with E-state index in [1.54, 1.807) is 11.3 Å². The average molecular weight is 226 g/mol. The normalized spacial score (nSPS) is 11.2. The maximum atomic E-state index is 4.45. The van der Waals surface area contributed by atoms with E-state index in [-0.39, 0.29) is 0 Å². The lowest BCUT2D eigenvalue weighted by atomic mass is 10.2. The quantitative estimate of drug-likeness (QED) is 0.723. The first kappa shape index (κ1) is 12.7. The zero-order valence-corrected chi connectivity index (χ0v) is 10.9. The third-order valence-electron chi connectivity index (χ3n) is 2.21. The molecule has 0 bridgehead atoms. The SMILES string of the molecule is Cc1csc(CCCCNCC(C)C)n1. The van der Waals surface area contributed by atoms with Crippen molar-refractivity contribution in [3.8, 4) is 0 Å². The fourth-order valence-electron chi connectivity index (χ4n) is 1.43. The van der Waals surface area contributed by atoms with Crippen LogP contribution in [0.4, 0.5) is 0 Å². The second kappa shape index (κ2) is 6.96. The number of hydrogen-bond donors (Lipinski definition) is 1. The van der Waals surface area contributed by atoms with E-state index < -0.39 is 0 Å². The number of aryl methyl sites for hydroxylation is 2. The molecule has 3 heteroatoms. The smallest absolute Gasteiger partial charge is 0.0928 e. The summed E-state index contributed by atoms with van der Waals surface area (Å²) < 4.78 is 0. The third kappa shape index (κ3) is 5.90. The van der Waals surface area contributed by atoms with Gasteiger partial charge in [-0.2, -0.15) is 0 Å². The van der Waals surface area contributed by atoms with E-state index in [9.17, 15) is 0 Å². The Balaban J connectivity index is 1.98. The maximum Gasteiger partial charge on any atom is 0.0928 e. The van der Waals surface area contributed by atoms with Crippen LogP contribution in [-0.4, -0.2) is 18.1 Å². The molecule has 15 heavy (non-hydrogen) atoms. The van der Waals surface area contributed by atoms with Crippen LogP contribution in [0.1, 0.15) is 37.4 Å². The zero-order valence-electron chi connectivity index (χ0n) is 10.0. The van der Waals surface area contributed by atoms with Gasteiger partial charge in [-0.25, -0.2) is 4.98 Å². The number of aromatic nitrogens is 1. The van der Waals surface area contributed by atoms with E-state index in [4.69, 9.17) is 0 Å². The average Bonchev–Trinajstić information content (AvgIpc) is 2.57. The predicted molar refractivity (Wildman–Crippen MR) is 67.5 cm³/mol. The lowest BCUT2D eigenvalue weighted by molar-refractivity contribution is 0.535. The van der Waals surface area contributed by atoms with Crippen LogP contribution in [0.15, 0.2) is 5.38 Å². The predicted octanol–water partition coefficient (Wildman–Crippen LogP) is 3.02. The number of nitrogens with zero attached hydrogens (tertiary/aromatic N) is 1. The van der Waals surface area contributed by atoms with E-state index in [0.29, 0.717) is 0 Å². The number of nitrogens with one attached hydrogen (secondary N) is 1. The van der Waals surface area contributed by atoms with E-state index in [2.05, 4.69) is 36.5 Å². The van der Waals surface area contributed by atoms with E-state index >= 15 is 0 Å². The van der Waals surface area contributed by atoms with Gasteiger partial charge >= 0.3 is 0 Å². The highest BCUT2D eigenvalue weighted by atomic mass is 32.1. The molecule has 0 spiro atoms. The van der Waals surface area contributed by atoms with E-state index in [1.807, 2.05) is 0 Å². The van der Waals surface area contributed by atoms with Crippen molar-refractivity contribution in [3.63, 3.8) is 0 Å². The van der Waals surface area contributed by atoms with Crippen molar-refractivity contribution < 1.29 is 0 Å². The van der Waals surface area contributed by atoms with Crippen molar-refractivity contribution in [3.05, 3.63) is 16.1 Å². The zero-order chi connectivity index (χ0) is 11.1. The first-order valence-corrected chi connectivity index (χ1v) is 6.68. The molecule has 0 saturated heterocycles. The topological polar surface area (TPSA) is 24.9 Å². The minimum atomic E-state index is 0.756. The van der Waals surface area contributed by atoms with Crippen molar-refractivity contribution in [1.29, 1.82) is 0 Å². The maximum absolute atomic E-state index is 4.45. The van der Waals surface area contributed by atoms with Crippen LogP contribution >= 0.6 is 11.3 Å². The van der Waals surface area contributed by atoms with Crippen molar-refractivity contribution in [2.24, 2.45) is 5.92 Å². The molecule has 0 aliphatic heterocycles. The van der Waals surface area contributed by atoms with Gasteiger partial charge in [0.1, 0.15) is 0 Å². The van der Waals surface area contributed by atoms with Gasteiger partial charge in [0.2, 0.25) is 0 Å². The molecule has 0 atom stereocenters. The Bertz CT molecular complexity index is 268. The third-order valence-corrected chi connectivity index (χ3v) is 3.24. The standard InChI is InChI=1S/C12H22N2S/c1-10(2)8-13-7-5-4-6-12-14-11(3)9-15-12/h9-10,13H,4-8H2,1-3H3. The summed E-state index contributed by atoms with van der Waals surface area (Å²) in [5.74, 6) is 0.756. The molecule has 1 aromatic rings. The van der Waals surface area contributed by atoms with Gasteiger partial charge in [0.05, 0.1) is 5.01 Å². The minimum Gasteiger partial charge on any atom is -0.316 e. The molecular weight excluding hydrogens is 204 g/mol. The molecule has 0 saturated carbocycles. The largest absolute Gasteiger partial charge is 0.316 e. The summed E-state index contributed by atoms with van der Waals surface area (Å²) in [5.41, 5.74) is 1.16. The molecule has 86 valence electrons. The second-order valence-electron chi connectivity index (χ2n) is 4.44. The van der Waals surface area contributed by atoms with Crippen molar-refractivity contribution in [2.45, 2.75) is 40.0 Å². The Morgan fingerprint density at radius 1 is 1.40 bits per heavy atom. The lowest BCUT2D eigenvalue weighted by Crippen LogP contribution is -2.20. The molecule has 1 heterocycles. The summed E-state index contributed by atoms with van der Waals surface area (Å²) in [6.45, 7) is 8.82. The molecular formula is C12H22N2S. The molecule has 0 aliphatic rings. The van der Waals surface area contributed by atoms with Crippen LogP contribution in [0.5, 0.6) is 0 Å². The van der Waals surface area contributed by atoms with Gasteiger partial charge in [0.25, 0.3) is 0 Å². The van der Waals surface area contributed by atoms with Crippen LogP contribution in [0, 0.1) is 12.8 Å². The van der Waals surface area contributed by atoms with E-state index in [0.717, 1.165) is 31.1 Å². The minimum absolute atomic E-state index is 0.756. The Morgan fingerprint density at radius 2 is 2.20 bits per heavy atom. The lowest BCUT2D eigenvalue weighted by Gasteiger charge is -2.06. The van der Waals surface area contributed by atoms with Crippen molar-refractivity contribution in [2.75, 3.05) is 13.1 Å². The highest BCUT2D eigenvalue weighted by Crippen LogP contribution is 2.11. The monoisotopic (exact) mass is 226 g/mol. The number of hydrogen-bond acceptors (Lipinski definition) is 3. The summed E-state index contributed by atoms with van der Waals surface area (Å²) >= 11 is 1.79. The molecule has 1 N–H and O–H groups in total. The van der Waals surface area contributed by atoms with Gasteiger partial charge in [0, 0.05) is 11.1 Å². The molecule has 1 rings (SSSR count). The van der Waals surface area contributed by atoms with Gasteiger partial charge in [-0.15, -0.1) is 11.3 Å². The molecule has 0 fully saturated rings. The van der Waals surface area contributed by atoms with Gasteiger partial charge in [-0.1, -0.05) is 13.8 Å². The van der Waals surface area contributed by atoms with Gasteiger partial charge in [-0.05, 0) is 45.2 Å². The molecule has 0 amide bonds. The molecule has 0 unspecified atom stereocenters. The first-order chi connectivity index (χ1) is 7.18. The van der Waals surface area contributed by atoms with Crippen molar-refractivity contribution in [1.82, 2.24) is 10.3 Å². The van der Waals surface area contributed by atoms with Gasteiger partial charge in [-0.3, -0.25) is 0 Å². The molecule has 0 aromatic carbocycles. The van der Waals surface area contributed by atoms with Crippen LogP contribution in [-0.2, 0) is 6.42 Å². The first-order valence-electron chi connectivity index (χ1n) is 5.80. The summed E-state index contributed by atoms with van der Waals surface area (Å²) in [6, 6.07) is 0. The number of rotatable bonds is 7. The molecule has 2 nitrogen and oxygen atoms in total. The highest BCUT2D eigenvalue weighted by molar-refractivity contribution is 7.09. The van der Waals surface area contributed by atoms with Crippen LogP contribution in [0.3, 0.4) is 0 Å². The molecule has 1 aromatic heterocycles. The fourth-order valence-corrected chi connectivity index (χ4v) is 2.25. The summed E-state index contributed by atoms with van der Waals surface area (Å²) in [7, 11) is 0. The summed E-state index contributed by atoms with van der Waals surface area (Å²) in [4.78, 5) is 4.45. The van der Waals surface area contributed by atoms with Gasteiger partial charge < -0.3 is 5.32 Å². The fraction of sp³-hybridized carbons (Fsp3) is 0.750. The summed E-state index contributed by atoms with van der Waals surface area (Å²) in [5, 5.41) is 6.88. The molecule has 0 radical (unpaired) electrons. The van der Waals surface area contributed by atoms with E-state index in [1.165, 1.54) is 17.8 Å². The highest BCUT2D eigenvalue weighted by Gasteiger charge is 1.98. The second-order valence-corrected chi connectivity index (χ2v) is 5.38. The number of thiazole rings is 1. The Morgan fingerprint density at radius 3 is 2.80 bits per heavy atom. The number of unbranched alkanes of at least 4 members (excludes halogenated alkanes) is 1. The molecule has 0 aliphatic carbocycles. The van der Waals surface area contributed by atoms with Gasteiger partial charge in [0.15, 0.2) is 0 Å². The van der Waals surface area contributed by atoms with Crippen LogP contribution in [0.25, 0.3) is 0 Å². The summed E-state index contributed by atoms with van der Waals surface area (Å²) in [6.07, 6.45) is 3.64. The Labute approximate surface area is 97.1 Å². The van der Waals surface area contributed by atoms with Crippen molar-refractivity contribution >= 4 is 11.3 Å².